The lowest BCUT2D eigenvalue weighted by Crippen LogP contribution is -2.28. The molecule has 0 aliphatic rings. The average molecular weight is 301 g/mol. The molecule has 2 N–H and O–H groups in total. The first-order chi connectivity index (χ1) is 9.97. The molecule has 0 saturated carbocycles. The van der Waals surface area contributed by atoms with Crippen molar-refractivity contribution in [2.75, 3.05) is 0 Å². The number of rotatable bonds is 5. The fourth-order valence-electron chi connectivity index (χ4n) is 2.56. The molecule has 0 aromatic heterocycles. The van der Waals surface area contributed by atoms with Crippen molar-refractivity contribution in [3.05, 3.63) is 70.8 Å². The van der Waals surface area contributed by atoms with Crippen molar-refractivity contribution < 1.29 is 4.21 Å². The first-order valence-electron chi connectivity index (χ1n) is 7.22. The van der Waals surface area contributed by atoms with Crippen molar-refractivity contribution in [3.63, 3.8) is 0 Å². The molecule has 112 valence electrons. The number of hydrogen-bond donors (Lipinski definition) is 1. The molecule has 0 saturated heterocycles. The zero-order chi connectivity index (χ0) is 15.4. The highest BCUT2D eigenvalue weighted by atomic mass is 32.2. The second-order valence-electron chi connectivity index (χ2n) is 5.66. The molecule has 0 aliphatic carbocycles. The minimum absolute atomic E-state index is 0.0757. The van der Waals surface area contributed by atoms with Gasteiger partial charge in [-0.05, 0) is 31.9 Å². The van der Waals surface area contributed by atoms with E-state index in [9.17, 15) is 4.21 Å². The topological polar surface area (TPSA) is 43.1 Å². The third kappa shape index (κ3) is 4.26. The number of nitrogens with two attached hydrogens (primary N) is 1. The third-order valence-corrected chi connectivity index (χ3v) is 5.44. The fourth-order valence-corrected chi connectivity index (χ4v) is 3.80. The molecule has 3 atom stereocenters. The maximum Gasteiger partial charge on any atom is 0.0516 e. The van der Waals surface area contributed by atoms with Crippen molar-refractivity contribution >= 4 is 10.8 Å². The first-order valence-corrected chi connectivity index (χ1v) is 8.60. The Hall–Kier alpha value is -1.45. The third-order valence-electron chi connectivity index (χ3n) is 3.70. The van der Waals surface area contributed by atoms with Crippen LogP contribution in [0, 0.1) is 13.8 Å². The molecule has 3 heteroatoms. The Morgan fingerprint density at radius 1 is 1.05 bits per heavy atom. The zero-order valence-corrected chi connectivity index (χ0v) is 13.7. The van der Waals surface area contributed by atoms with Gasteiger partial charge in [0.2, 0.25) is 0 Å². The van der Waals surface area contributed by atoms with Crippen LogP contribution in [0.15, 0.2) is 48.5 Å². The second-order valence-corrected chi connectivity index (χ2v) is 7.46. The monoisotopic (exact) mass is 301 g/mol. The molecule has 2 aromatic rings. The Balaban J connectivity index is 2.09. The van der Waals surface area contributed by atoms with Crippen molar-refractivity contribution in [1.82, 2.24) is 0 Å². The largest absolute Gasteiger partial charge is 0.323 e. The standard InChI is InChI=1S/C18H23NOS/c1-13-9-14(2)11-16(10-13)12-21(20)15(3)18(19)17-7-5-4-6-8-17/h4-11,15,18H,12,19H2,1-3H3. The molecule has 21 heavy (non-hydrogen) atoms. The molecule has 0 heterocycles. The number of benzene rings is 2. The maximum absolute atomic E-state index is 12.6. The van der Waals surface area contributed by atoms with Gasteiger partial charge in [-0.25, -0.2) is 0 Å². The predicted molar refractivity (Wildman–Crippen MR) is 90.6 cm³/mol. The summed E-state index contributed by atoms with van der Waals surface area (Å²) < 4.78 is 12.6. The van der Waals surface area contributed by atoms with Gasteiger partial charge >= 0.3 is 0 Å². The molecule has 2 nitrogen and oxygen atoms in total. The summed E-state index contributed by atoms with van der Waals surface area (Å²) in [6.45, 7) is 6.10. The molecular weight excluding hydrogens is 278 g/mol. The van der Waals surface area contributed by atoms with Crippen LogP contribution < -0.4 is 5.73 Å². The summed E-state index contributed by atoms with van der Waals surface area (Å²) >= 11 is 0. The highest BCUT2D eigenvalue weighted by Crippen LogP contribution is 2.20. The minimum Gasteiger partial charge on any atom is -0.323 e. The normalized spacial score (nSPS) is 15.4. The smallest absolute Gasteiger partial charge is 0.0516 e. The van der Waals surface area contributed by atoms with Gasteiger partial charge in [0.15, 0.2) is 0 Å². The van der Waals surface area contributed by atoms with Crippen LogP contribution in [-0.4, -0.2) is 9.46 Å². The van der Waals surface area contributed by atoms with Crippen molar-refractivity contribution in [1.29, 1.82) is 0 Å². The van der Waals surface area contributed by atoms with Crippen molar-refractivity contribution in [2.24, 2.45) is 5.73 Å². The highest BCUT2D eigenvalue weighted by molar-refractivity contribution is 7.84. The van der Waals surface area contributed by atoms with E-state index in [4.69, 9.17) is 5.73 Å². The Labute approximate surface area is 129 Å². The van der Waals surface area contributed by atoms with Gasteiger partial charge in [-0.3, -0.25) is 4.21 Å². The van der Waals surface area contributed by atoms with Gasteiger partial charge in [0.1, 0.15) is 0 Å². The van der Waals surface area contributed by atoms with Crippen molar-refractivity contribution in [3.8, 4) is 0 Å². The van der Waals surface area contributed by atoms with E-state index < -0.39 is 10.8 Å². The van der Waals surface area contributed by atoms with Gasteiger partial charge in [-0.1, -0.05) is 59.7 Å². The minimum atomic E-state index is -0.988. The molecular formula is C18H23NOS. The van der Waals surface area contributed by atoms with Crippen molar-refractivity contribution in [2.45, 2.75) is 37.8 Å². The molecule has 0 fully saturated rings. The molecule has 0 spiro atoms. The fraction of sp³-hybridized carbons (Fsp3) is 0.333. The average Bonchev–Trinajstić information content (AvgIpc) is 2.45. The van der Waals surface area contributed by atoms with E-state index in [-0.39, 0.29) is 11.3 Å². The number of hydrogen-bond acceptors (Lipinski definition) is 2. The first kappa shape index (κ1) is 15.9. The molecule has 0 bridgehead atoms. The van der Waals surface area contributed by atoms with Gasteiger partial charge in [-0.15, -0.1) is 0 Å². The van der Waals surface area contributed by atoms with Crippen LogP contribution in [0.3, 0.4) is 0 Å². The van der Waals surface area contributed by atoms with Crippen LogP contribution in [-0.2, 0) is 16.6 Å². The second kappa shape index (κ2) is 7.01. The van der Waals surface area contributed by atoms with E-state index in [0.717, 1.165) is 11.1 Å². The van der Waals surface area contributed by atoms with Crippen LogP contribution in [0.1, 0.15) is 35.2 Å². The predicted octanol–water partition coefficient (Wildman–Crippen LogP) is 3.64. The van der Waals surface area contributed by atoms with E-state index in [2.05, 4.69) is 32.0 Å². The van der Waals surface area contributed by atoms with Gasteiger partial charge in [0.05, 0.1) is 5.25 Å². The quantitative estimate of drug-likeness (QED) is 0.916. The van der Waals surface area contributed by atoms with Crippen LogP contribution in [0.2, 0.25) is 0 Å². The van der Waals surface area contributed by atoms with Gasteiger partial charge < -0.3 is 5.73 Å². The molecule has 0 amide bonds. The molecule has 3 unspecified atom stereocenters. The summed E-state index contributed by atoms with van der Waals surface area (Å²) in [5.74, 6) is 0.560. The van der Waals surface area contributed by atoms with E-state index in [1.54, 1.807) is 0 Å². The van der Waals surface area contributed by atoms with E-state index in [1.807, 2.05) is 37.3 Å². The Morgan fingerprint density at radius 3 is 2.19 bits per heavy atom. The lowest BCUT2D eigenvalue weighted by atomic mass is 10.1. The summed E-state index contributed by atoms with van der Waals surface area (Å²) in [5.41, 5.74) is 10.8. The molecule has 2 aromatic carbocycles. The van der Waals surface area contributed by atoms with Crippen LogP contribution in [0.5, 0.6) is 0 Å². The van der Waals surface area contributed by atoms with Gasteiger partial charge in [0.25, 0.3) is 0 Å². The lowest BCUT2D eigenvalue weighted by molar-refractivity contribution is 0.642. The summed E-state index contributed by atoms with van der Waals surface area (Å²) in [6, 6.07) is 16.0. The molecule has 2 rings (SSSR count). The highest BCUT2D eigenvalue weighted by Gasteiger charge is 2.21. The molecule has 0 aliphatic heterocycles. The van der Waals surface area contributed by atoms with E-state index in [0.29, 0.717) is 5.75 Å². The Morgan fingerprint density at radius 2 is 1.62 bits per heavy atom. The summed E-state index contributed by atoms with van der Waals surface area (Å²) in [6.07, 6.45) is 0. The van der Waals surface area contributed by atoms with Gasteiger partial charge in [0, 0.05) is 22.6 Å². The van der Waals surface area contributed by atoms with Gasteiger partial charge in [-0.2, -0.15) is 0 Å². The van der Waals surface area contributed by atoms with E-state index in [1.165, 1.54) is 11.1 Å². The number of aryl methyl sites for hydroxylation is 2. The summed E-state index contributed by atoms with van der Waals surface area (Å²) in [4.78, 5) is 0. The Bertz CT molecular complexity index is 604. The van der Waals surface area contributed by atoms with Crippen LogP contribution >= 0.6 is 0 Å². The Kier molecular flexibility index (Phi) is 5.32. The summed E-state index contributed by atoms with van der Waals surface area (Å²) in [5, 5.41) is -0.0757. The zero-order valence-electron chi connectivity index (χ0n) is 12.9. The van der Waals surface area contributed by atoms with Crippen LogP contribution in [0.25, 0.3) is 0 Å². The van der Waals surface area contributed by atoms with Crippen LogP contribution in [0.4, 0.5) is 0 Å². The SMILES string of the molecule is Cc1cc(C)cc(CS(=O)C(C)C(N)c2ccccc2)c1. The summed E-state index contributed by atoms with van der Waals surface area (Å²) in [7, 11) is -0.988. The maximum atomic E-state index is 12.6. The molecule has 0 radical (unpaired) electrons. The lowest BCUT2D eigenvalue weighted by Gasteiger charge is -2.20. The van der Waals surface area contributed by atoms with E-state index >= 15 is 0 Å².